The summed E-state index contributed by atoms with van der Waals surface area (Å²) in [5, 5.41) is 37.1. The monoisotopic (exact) mass is 220 g/mol. The lowest BCUT2D eigenvalue weighted by Gasteiger charge is -2.39. The Morgan fingerprint density at radius 3 is 2.40 bits per heavy atom. The minimum Gasteiger partial charge on any atom is -0.394 e. The summed E-state index contributed by atoms with van der Waals surface area (Å²) in [6.07, 6.45) is -4.64. The quantitative estimate of drug-likeness (QED) is 0.408. The molecular weight excluding hydrogens is 204 g/mol. The fourth-order valence-corrected chi connectivity index (χ4v) is 1.37. The third-order valence-electron chi connectivity index (χ3n) is 2.23. The van der Waals surface area contributed by atoms with Gasteiger partial charge in [0.15, 0.2) is 6.29 Å². The van der Waals surface area contributed by atoms with Gasteiger partial charge in [0.05, 0.1) is 13.2 Å². The van der Waals surface area contributed by atoms with Crippen LogP contribution in [0.5, 0.6) is 0 Å². The molecule has 1 aliphatic heterocycles. The van der Waals surface area contributed by atoms with Gasteiger partial charge in [0.2, 0.25) is 0 Å². The van der Waals surface area contributed by atoms with Gasteiger partial charge in [-0.2, -0.15) is 0 Å². The number of rotatable bonds is 4. The average Bonchev–Trinajstić information content (AvgIpc) is 2.25. The highest BCUT2D eigenvalue weighted by molar-refractivity contribution is 4.89. The standard InChI is InChI=1S/C9H16O6/c1-2-3-14-9-8(13)7(12)6(11)5(4-10)15-9/h2,5-13H,1,3-4H2/t5-,6-,7+,8-,9+/m0/s1. The van der Waals surface area contributed by atoms with E-state index in [1.54, 1.807) is 0 Å². The van der Waals surface area contributed by atoms with Crippen LogP contribution in [-0.4, -0.2) is 64.3 Å². The van der Waals surface area contributed by atoms with Gasteiger partial charge in [-0.05, 0) is 0 Å². The summed E-state index contributed by atoms with van der Waals surface area (Å²) in [5.41, 5.74) is 0. The van der Waals surface area contributed by atoms with E-state index in [-0.39, 0.29) is 6.61 Å². The van der Waals surface area contributed by atoms with E-state index in [2.05, 4.69) is 6.58 Å². The molecule has 0 unspecified atom stereocenters. The number of aliphatic hydroxyl groups is 4. The third-order valence-corrected chi connectivity index (χ3v) is 2.23. The molecule has 1 aliphatic rings. The number of hydrogen-bond acceptors (Lipinski definition) is 6. The van der Waals surface area contributed by atoms with Crippen LogP contribution in [-0.2, 0) is 9.47 Å². The number of aliphatic hydroxyl groups excluding tert-OH is 4. The zero-order valence-corrected chi connectivity index (χ0v) is 8.19. The van der Waals surface area contributed by atoms with Crippen LogP contribution in [0.3, 0.4) is 0 Å². The van der Waals surface area contributed by atoms with Crippen molar-refractivity contribution in [2.45, 2.75) is 30.7 Å². The normalized spacial score (nSPS) is 41.5. The summed E-state index contributed by atoms with van der Waals surface area (Å²) in [6.45, 7) is 3.10. The molecule has 4 N–H and O–H groups in total. The van der Waals surface area contributed by atoms with Gasteiger partial charge in [-0.1, -0.05) is 6.08 Å². The Balaban J connectivity index is 2.60. The highest BCUT2D eigenvalue weighted by Gasteiger charge is 2.43. The fraction of sp³-hybridized carbons (Fsp3) is 0.778. The summed E-state index contributed by atoms with van der Waals surface area (Å²) >= 11 is 0. The van der Waals surface area contributed by atoms with Gasteiger partial charge in [0.1, 0.15) is 24.4 Å². The summed E-state index contributed by atoms with van der Waals surface area (Å²) in [4.78, 5) is 0. The molecule has 88 valence electrons. The maximum atomic E-state index is 9.47. The summed E-state index contributed by atoms with van der Waals surface area (Å²) in [6, 6.07) is 0. The first-order valence-corrected chi connectivity index (χ1v) is 4.64. The molecule has 1 rings (SSSR count). The zero-order valence-electron chi connectivity index (χ0n) is 8.19. The lowest BCUT2D eigenvalue weighted by Crippen LogP contribution is -2.59. The molecule has 0 radical (unpaired) electrons. The Bertz CT molecular complexity index is 207. The molecule has 0 saturated carbocycles. The van der Waals surface area contributed by atoms with Crippen molar-refractivity contribution in [1.82, 2.24) is 0 Å². The average molecular weight is 220 g/mol. The van der Waals surface area contributed by atoms with Crippen molar-refractivity contribution in [1.29, 1.82) is 0 Å². The van der Waals surface area contributed by atoms with Crippen LogP contribution < -0.4 is 0 Å². The van der Waals surface area contributed by atoms with Crippen LogP contribution >= 0.6 is 0 Å². The molecule has 0 aromatic rings. The largest absolute Gasteiger partial charge is 0.394 e. The lowest BCUT2D eigenvalue weighted by atomic mass is 9.99. The topological polar surface area (TPSA) is 99.4 Å². The van der Waals surface area contributed by atoms with Crippen molar-refractivity contribution < 1.29 is 29.9 Å². The van der Waals surface area contributed by atoms with E-state index < -0.39 is 37.3 Å². The van der Waals surface area contributed by atoms with E-state index in [1.807, 2.05) is 0 Å². The van der Waals surface area contributed by atoms with Gasteiger partial charge < -0.3 is 29.9 Å². The van der Waals surface area contributed by atoms with Gasteiger partial charge in [-0.15, -0.1) is 6.58 Å². The van der Waals surface area contributed by atoms with E-state index in [4.69, 9.17) is 14.6 Å². The van der Waals surface area contributed by atoms with Gasteiger partial charge >= 0.3 is 0 Å². The third kappa shape index (κ3) is 2.75. The van der Waals surface area contributed by atoms with E-state index >= 15 is 0 Å². The fourth-order valence-electron chi connectivity index (χ4n) is 1.37. The second-order valence-electron chi connectivity index (χ2n) is 3.32. The molecule has 1 saturated heterocycles. The predicted molar refractivity (Wildman–Crippen MR) is 49.9 cm³/mol. The number of ether oxygens (including phenoxy) is 2. The molecular formula is C9H16O6. The Kier molecular flexibility index (Phi) is 4.65. The molecule has 6 nitrogen and oxygen atoms in total. The maximum Gasteiger partial charge on any atom is 0.187 e. The smallest absolute Gasteiger partial charge is 0.187 e. The van der Waals surface area contributed by atoms with Gasteiger partial charge in [-0.25, -0.2) is 0 Å². The summed E-state index contributed by atoms with van der Waals surface area (Å²) < 4.78 is 10.1. The van der Waals surface area contributed by atoms with Gasteiger partial charge in [-0.3, -0.25) is 0 Å². The van der Waals surface area contributed by atoms with Crippen molar-refractivity contribution >= 4 is 0 Å². The van der Waals surface area contributed by atoms with Crippen LogP contribution in [0.15, 0.2) is 12.7 Å². The first-order valence-electron chi connectivity index (χ1n) is 4.64. The second kappa shape index (κ2) is 5.55. The van der Waals surface area contributed by atoms with Crippen LogP contribution in [0.25, 0.3) is 0 Å². The molecule has 0 amide bonds. The van der Waals surface area contributed by atoms with Crippen LogP contribution in [0, 0.1) is 0 Å². The van der Waals surface area contributed by atoms with Crippen molar-refractivity contribution in [3.63, 3.8) is 0 Å². The van der Waals surface area contributed by atoms with E-state index in [0.29, 0.717) is 0 Å². The van der Waals surface area contributed by atoms with Crippen LogP contribution in [0.4, 0.5) is 0 Å². The predicted octanol–water partition coefficient (Wildman–Crippen LogP) is -2.01. The molecule has 5 atom stereocenters. The summed E-state index contributed by atoms with van der Waals surface area (Å²) in [5.74, 6) is 0. The maximum absolute atomic E-state index is 9.47. The SMILES string of the molecule is C=CCO[C@@H]1O[C@@H](CO)[C@H](O)[C@@H](O)[C@@H]1O. The molecule has 0 aliphatic carbocycles. The van der Waals surface area contributed by atoms with Crippen molar-refractivity contribution in [2.75, 3.05) is 13.2 Å². The minimum atomic E-state index is -1.40. The zero-order chi connectivity index (χ0) is 11.4. The van der Waals surface area contributed by atoms with Gasteiger partial charge in [0, 0.05) is 0 Å². The van der Waals surface area contributed by atoms with Crippen LogP contribution in [0.1, 0.15) is 0 Å². The molecule has 15 heavy (non-hydrogen) atoms. The Labute approximate surface area is 87.4 Å². The highest BCUT2D eigenvalue weighted by Crippen LogP contribution is 2.21. The molecule has 1 heterocycles. The van der Waals surface area contributed by atoms with E-state index in [0.717, 1.165) is 0 Å². The van der Waals surface area contributed by atoms with Crippen LogP contribution in [0.2, 0.25) is 0 Å². The van der Waals surface area contributed by atoms with Gasteiger partial charge in [0.25, 0.3) is 0 Å². The van der Waals surface area contributed by atoms with E-state index in [9.17, 15) is 15.3 Å². The Morgan fingerprint density at radius 2 is 1.87 bits per heavy atom. The molecule has 0 aromatic carbocycles. The second-order valence-corrected chi connectivity index (χ2v) is 3.32. The first-order chi connectivity index (χ1) is 7.11. The van der Waals surface area contributed by atoms with Crippen molar-refractivity contribution in [3.8, 4) is 0 Å². The van der Waals surface area contributed by atoms with Crippen molar-refractivity contribution in [3.05, 3.63) is 12.7 Å². The molecule has 0 aromatic heterocycles. The Morgan fingerprint density at radius 1 is 1.20 bits per heavy atom. The molecule has 0 bridgehead atoms. The van der Waals surface area contributed by atoms with Crippen molar-refractivity contribution in [2.24, 2.45) is 0 Å². The van der Waals surface area contributed by atoms with E-state index in [1.165, 1.54) is 6.08 Å². The molecule has 0 spiro atoms. The lowest BCUT2D eigenvalue weighted by molar-refractivity contribution is -0.298. The first kappa shape index (κ1) is 12.6. The minimum absolute atomic E-state index is 0.142. The molecule has 6 heteroatoms. The highest BCUT2D eigenvalue weighted by atomic mass is 16.7. The molecule has 1 fully saturated rings. The number of hydrogen-bond donors (Lipinski definition) is 4. The summed E-state index contributed by atoms with van der Waals surface area (Å²) in [7, 11) is 0. The Hall–Kier alpha value is -0.500.